The number of ether oxygens (including phenoxy) is 1. The monoisotopic (exact) mass is 443 g/mol. The summed E-state index contributed by atoms with van der Waals surface area (Å²) >= 11 is 0. The number of likely N-dealkylation sites (tertiary alicyclic amines) is 1. The van der Waals surface area contributed by atoms with Crippen molar-refractivity contribution in [1.82, 2.24) is 14.9 Å². The van der Waals surface area contributed by atoms with Crippen molar-refractivity contribution in [3.8, 4) is 5.75 Å². The number of Topliss-reactive ketones (excluding diaryl/α,β-unsaturated/α-hetero) is 1. The number of carbonyl (C=O) groups is 2. The minimum absolute atomic E-state index is 0.0428. The number of ketones is 1. The lowest BCUT2D eigenvalue weighted by molar-refractivity contribution is -0.140. The van der Waals surface area contributed by atoms with Crippen LogP contribution in [0.15, 0.2) is 78.9 Å². The topological polar surface area (TPSA) is 92.6 Å². The average Bonchev–Trinajstić information content (AvgIpc) is 3.08. The van der Waals surface area contributed by atoms with E-state index in [-0.39, 0.29) is 17.9 Å². The van der Waals surface area contributed by atoms with E-state index in [0.717, 1.165) is 5.56 Å². The lowest BCUT2D eigenvalue weighted by Crippen LogP contribution is -2.29. The molecule has 7 nitrogen and oxygen atoms in total. The highest BCUT2D eigenvalue weighted by atomic mass is 16.5. The third kappa shape index (κ3) is 4.77. The Hall–Kier alpha value is -4.00. The van der Waals surface area contributed by atoms with E-state index in [1.165, 1.54) is 4.90 Å². The normalized spacial score (nSPS) is 17.5. The van der Waals surface area contributed by atoms with Gasteiger partial charge in [-0.3, -0.25) is 19.6 Å². The zero-order chi connectivity index (χ0) is 23.4. The summed E-state index contributed by atoms with van der Waals surface area (Å²) < 4.78 is 5.77. The second kappa shape index (κ2) is 9.65. The zero-order valence-corrected chi connectivity index (χ0v) is 18.5. The van der Waals surface area contributed by atoms with Gasteiger partial charge < -0.3 is 14.7 Å². The molecule has 4 rings (SSSR count). The molecule has 1 aromatic carbocycles. The molecule has 0 saturated carbocycles. The predicted molar refractivity (Wildman–Crippen MR) is 123 cm³/mol. The molecular formula is C26H25N3O4. The quantitative estimate of drug-likeness (QED) is 0.335. The molecule has 1 amide bonds. The number of amides is 1. The molecule has 1 aliphatic rings. The first-order valence-electron chi connectivity index (χ1n) is 10.8. The number of benzene rings is 1. The molecule has 2 aromatic heterocycles. The molecule has 0 spiro atoms. The molecule has 33 heavy (non-hydrogen) atoms. The third-order valence-electron chi connectivity index (χ3n) is 5.35. The first kappa shape index (κ1) is 22.2. The van der Waals surface area contributed by atoms with Crippen LogP contribution in [0, 0.1) is 5.92 Å². The molecule has 168 valence electrons. The molecule has 0 bridgehead atoms. The molecule has 1 saturated heterocycles. The van der Waals surface area contributed by atoms with Gasteiger partial charge in [0.05, 0.1) is 18.2 Å². The van der Waals surface area contributed by atoms with Gasteiger partial charge in [0.15, 0.2) is 0 Å². The summed E-state index contributed by atoms with van der Waals surface area (Å²) in [7, 11) is 0. The van der Waals surface area contributed by atoms with Crippen LogP contribution in [0.5, 0.6) is 5.75 Å². The van der Waals surface area contributed by atoms with Crippen LogP contribution < -0.4 is 4.74 Å². The number of hydrogen-bond acceptors (Lipinski definition) is 6. The first-order chi connectivity index (χ1) is 16.0. The van der Waals surface area contributed by atoms with Crippen molar-refractivity contribution < 1.29 is 19.4 Å². The van der Waals surface area contributed by atoms with Gasteiger partial charge in [-0.25, -0.2) is 0 Å². The van der Waals surface area contributed by atoms with E-state index in [2.05, 4.69) is 9.97 Å². The van der Waals surface area contributed by atoms with Gasteiger partial charge >= 0.3 is 0 Å². The van der Waals surface area contributed by atoms with E-state index in [1.807, 2.05) is 13.8 Å². The van der Waals surface area contributed by atoms with E-state index >= 15 is 0 Å². The molecule has 1 unspecified atom stereocenters. The Morgan fingerprint density at radius 3 is 2.36 bits per heavy atom. The average molecular weight is 444 g/mol. The van der Waals surface area contributed by atoms with Crippen molar-refractivity contribution in [1.29, 1.82) is 0 Å². The minimum atomic E-state index is -0.749. The van der Waals surface area contributed by atoms with Crippen molar-refractivity contribution >= 4 is 17.4 Å². The molecule has 7 heteroatoms. The Morgan fingerprint density at radius 2 is 1.70 bits per heavy atom. The number of aromatic nitrogens is 2. The maximum absolute atomic E-state index is 13.1. The van der Waals surface area contributed by atoms with Crippen molar-refractivity contribution in [3.63, 3.8) is 0 Å². The highest BCUT2D eigenvalue weighted by molar-refractivity contribution is 6.46. The Bertz CT molecular complexity index is 1180. The summed E-state index contributed by atoms with van der Waals surface area (Å²) in [6, 6.07) is 13.2. The van der Waals surface area contributed by atoms with Gasteiger partial charge in [-0.05, 0) is 53.4 Å². The third-order valence-corrected chi connectivity index (χ3v) is 5.35. The second-order valence-electron chi connectivity index (χ2n) is 8.30. The summed E-state index contributed by atoms with van der Waals surface area (Å²) in [5.74, 6) is -0.701. The minimum Gasteiger partial charge on any atom is -0.507 e. The Morgan fingerprint density at radius 1 is 1.03 bits per heavy atom. The van der Waals surface area contributed by atoms with Crippen LogP contribution >= 0.6 is 0 Å². The summed E-state index contributed by atoms with van der Waals surface area (Å²) in [6.45, 7) is 4.82. The molecular weight excluding hydrogens is 418 g/mol. The summed E-state index contributed by atoms with van der Waals surface area (Å²) in [5.41, 5.74) is 1.97. The number of nitrogens with zero attached hydrogens (tertiary/aromatic N) is 3. The number of aliphatic hydroxyl groups is 1. The fraction of sp³-hybridized carbons (Fsp3) is 0.231. The first-order valence-corrected chi connectivity index (χ1v) is 10.8. The number of hydrogen-bond donors (Lipinski definition) is 1. The van der Waals surface area contributed by atoms with Crippen LogP contribution in [0.4, 0.5) is 0 Å². The molecule has 3 heterocycles. The van der Waals surface area contributed by atoms with Gasteiger partial charge in [-0.1, -0.05) is 26.0 Å². The van der Waals surface area contributed by atoms with Crippen molar-refractivity contribution in [3.05, 3.63) is 95.6 Å². The van der Waals surface area contributed by atoms with Crippen molar-refractivity contribution in [2.45, 2.75) is 26.4 Å². The Balaban J connectivity index is 1.78. The van der Waals surface area contributed by atoms with E-state index in [9.17, 15) is 14.7 Å². The fourth-order valence-corrected chi connectivity index (χ4v) is 3.77. The van der Waals surface area contributed by atoms with Crippen LogP contribution in [0.1, 0.15) is 36.6 Å². The molecule has 1 N–H and O–H groups in total. The van der Waals surface area contributed by atoms with Crippen LogP contribution in [-0.4, -0.2) is 38.3 Å². The fourth-order valence-electron chi connectivity index (χ4n) is 3.77. The number of pyridine rings is 2. The van der Waals surface area contributed by atoms with Gasteiger partial charge in [-0.15, -0.1) is 0 Å². The largest absolute Gasteiger partial charge is 0.507 e. The number of rotatable bonds is 7. The number of carbonyl (C=O) groups excluding carboxylic acids is 2. The lowest BCUT2D eigenvalue weighted by atomic mass is 9.95. The SMILES string of the molecule is CC(C)COc1cccc(/C(O)=C2/C(=O)C(=O)N(Cc3ccncc3)C2c2ccncc2)c1. The van der Waals surface area contributed by atoms with E-state index in [0.29, 0.717) is 29.4 Å². The smallest absolute Gasteiger partial charge is 0.295 e. The van der Waals surface area contributed by atoms with Crippen LogP contribution in [0.2, 0.25) is 0 Å². The molecule has 3 aromatic rings. The molecule has 1 atom stereocenters. The van der Waals surface area contributed by atoms with E-state index < -0.39 is 17.7 Å². The van der Waals surface area contributed by atoms with Gasteiger partial charge in [0.1, 0.15) is 11.5 Å². The van der Waals surface area contributed by atoms with E-state index in [4.69, 9.17) is 4.74 Å². The van der Waals surface area contributed by atoms with Gasteiger partial charge in [-0.2, -0.15) is 0 Å². The maximum atomic E-state index is 13.1. The lowest BCUT2D eigenvalue weighted by Gasteiger charge is -2.25. The maximum Gasteiger partial charge on any atom is 0.295 e. The highest BCUT2D eigenvalue weighted by Gasteiger charge is 2.46. The van der Waals surface area contributed by atoms with Gasteiger partial charge in [0.25, 0.3) is 11.7 Å². The van der Waals surface area contributed by atoms with Gasteiger partial charge in [0, 0.05) is 36.9 Å². The van der Waals surface area contributed by atoms with Crippen LogP contribution in [0.3, 0.4) is 0 Å². The van der Waals surface area contributed by atoms with Crippen LogP contribution in [0.25, 0.3) is 5.76 Å². The highest BCUT2D eigenvalue weighted by Crippen LogP contribution is 2.40. The Labute approximate surface area is 192 Å². The molecule has 1 fully saturated rings. The van der Waals surface area contributed by atoms with Crippen LogP contribution in [-0.2, 0) is 16.1 Å². The van der Waals surface area contributed by atoms with E-state index in [1.54, 1.807) is 73.3 Å². The number of aliphatic hydroxyl groups excluding tert-OH is 1. The van der Waals surface area contributed by atoms with Crippen molar-refractivity contribution in [2.24, 2.45) is 5.92 Å². The van der Waals surface area contributed by atoms with Crippen molar-refractivity contribution in [2.75, 3.05) is 6.61 Å². The molecule has 0 radical (unpaired) electrons. The summed E-state index contributed by atoms with van der Waals surface area (Å²) in [5, 5.41) is 11.2. The standard InChI is InChI=1S/C26H25N3O4/c1-17(2)16-33-21-5-3-4-20(14-21)24(30)22-23(19-8-12-28-13-9-19)29(26(32)25(22)31)15-18-6-10-27-11-7-18/h3-14,17,23,30H,15-16H2,1-2H3/b24-22-. The predicted octanol–water partition coefficient (Wildman–Crippen LogP) is 4.13. The summed E-state index contributed by atoms with van der Waals surface area (Å²) in [6.07, 6.45) is 6.47. The zero-order valence-electron chi connectivity index (χ0n) is 18.5. The molecule has 1 aliphatic heterocycles. The Kier molecular flexibility index (Phi) is 6.49. The summed E-state index contributed by atoms with van der Waals surface area (Å²) in [4.78, 5) is 35.7. The molecule has 0 aliphatic carbocycles. The second-order valence-corrected chi connectivity index (χ2v) is 8.30. The van der Waals surface area contributed by atoms with Gasteiger partial charge in [0.2, 0.25) is 0 Å².